The van der Waals surface area contributed by atoms with E-state index in [0.717, 1.165) is 45.1 Å². The molecule has 1 aromatic rings. The van der Waals surface area contributed by atoms with Crippen LogP contribution in [0.4, 0.5) is 8.78 Å². The van der Waals surface area contributed by atoms with Gasteiger partial charge in [0.2, 0.25) is 0 Å². The summed E-state index contributed by atoms with van der Waals surface area (Å²) in [5.74, 6) is -0.348. The fraction of sp³-hybridized carbons (Fsp3) is 0.571. The van der Waals surface area contributed by atoms with Gasteiger partial charge in [-0.05, 0) is 24.8 Å². The molecule has 1 heterocycles. The van der Waals surface area contributed by atoms with E-state index in [0.29, 0.717) is 11.5 Å². The normalized spacial score (nSPS) is 23.0. The highest BCUT2D eigenvalue weighted by molar-refractivity contribution is 5.24. The summed E-state index contributed by atoms with van der Waals surface area (Å²) in [6.45, 7) is 3.79. The molecule has 2 nitrogen and oxygen atoms in total. The van der Waals surface area contributed by atoms with Crippen LogP contribution in [0.5, 0.6) is 0 Å². The van der Waals surface area contributed by atoms with E-state index in [1.54, 1.807) is 6.07 Å². The second-order valence-corrected chi connectivity index (χ2v) is 5.23. The Hall–Kier alpha value is -1.00. The summed E-state index contributed by atoms with van der Waals surface area (Å²) < 4.78 is 27.0. The first-order chi connectivity index (χ1) is 8.75. The summed E-state index contributed by atoms with van der Waals surface area (Å²) >= 11 is 0. The van der Waals surface area contributed by atoms with E-state index in [4.69, 9.17) is 0 Å². The molecule has 1 atom stereocenters. The summed E-state index contributed by atoms with van der Waals surface area (Å²) in [6, 6.07) is 4.13. The Morgan fingerprint density at radius 2 is 1.89 bits per heavy atom. The van der Waals surface area contributed by atoms with Gasteiger partial charge in [0.05, 0.1) is 0 Å². The lowest BCUT2D eigenvalue weighted by Crippen LogP contribution is -2.45. The van der Waals surface area contributed by atoms with Crippen molar-refractivity contribution in [2.24, 2.45) is 5.92 Å². The van der Waals surface area contributed by atoms with Gasteiger partial charge in [-0.1, -0.05) is 6.07 Å². The lowest BCUT2D eigenvalue weighted by molar-refractivity contribution is 0.153. The van der Waals surface area contributed by atoms with Gasteiger partial charge in [0, 0.05) is 43.9 Å². The maximum atomic E-state index is 14.0. The topological polar surface area (TPSA) is 15.3 Å². The van der Waals surface area contributed by atoms with Gasteiger partial charge in [0.15, 0.2) is 0 Å². The number of hydrogen-bond acceptors (Lipinski definition) is 2. The molecule has 0 radical (unpaired) electrons. The molecule has 0 bridgehead atoms. The van der Waals surface area contributed by atoms with Crippen molar-refractivity contribution in [3.05, 3.63) is 35.4 Å². The van der Waals surface area contributed by atoms with E-state index in [-0.39, 0.29) is 6.04 Å². The lowest BCUT2D eigenvalue weighted by Gasteiger charge is -2.35. The van der Waals surface area contributed by atoms with Crippen LogP contribution in [0.25, 0.3) is 0 Å². The molecule has 2 aliphatic rings. The molecule has 1 aliphatic carbocycles. The van der Waals surface area contributed by atoms with Crippen LogP contribution < -0.4 is 5.32 Å². The highest BCUT2D eigenvalue weighted by Crippen LogP contribution is 2.45. The summed E-state index contributed by atoms with van der Waals surface area (Å²) in [6.07, 6.45) is 2.32. The molecular formula is C14H18F2N2. The number of nitrogens with zero attached hydrogens (tertiary/aromatic N) is 1. The number of rotatable bonds is 3. The molecule has 3 rings (SSSR count). The highest BCUT2D eigenvalue weighted by Gasteiger charge is 2.38. The number of piperazine rings is 1. The number of halogens is 2. The van der Waals surface area contributed by atoms with Gasteiger partial charge in [-0.25, -0.2) is 8.78 Å². The van der Waals surface area contributed by atoms with Crippen LogP contribution in [0.15, 0.2) is 18.2 Å². The average molecular weight is 252 g/mol. The Labute approximate surface area is 106 Å². The van der Waals surface area contributed by atoms with Crippen molar-refractivity contribution in [3.8, 4) is 0 Å². The van der Waals surface area contributed by atoms with Crippen LogP contribution in [0.3, 0.4) is 0 Å². The zero-order valence-corrected chi connectivity index (χ0v) is 10.3. The molecule has 0 aromatic heterocycles. The molecule has 1 aromatic carbocycles. The lowest BCUT2D eigenvalue weighted by atomic mass is 9.99. The number of nitrogens with one attached hydrogen (secondary N) is 1. The SMILES string of the molecule is Fc1ccc([C@H](C2CC2)N2CCNCC2)c(F)c1. The predicted octanol–water partition coefficient (Wildman–Crippen LogP) is 2.32. The van der Waals surface area contributed by atoms with Crippen LogP contribution in [-0.4, -0.2) is 31.1 Å². The van der Waals surface area contributed by atoms with Gasteiger partial charge in [0.25, 0.3) is 0 Å². The van der Waals surface area contributed by atoms with Crippen LogP contribution in [0, 0.1) is 17.6 Å². The summed E-state index contributed by atoms with van der Waals surface area (Å²) in [5.41, 5.74) is 0.667. The third-order valence-corrected chi connectivity index (χ3v) is 3.89. The Balaban J connectivity index is 1.88. The maximum Gasteiger partial charge on any atom is 0.130 e. The quantitative estimate of drug-likeness (QED) is 0.888. The van der Waals surface area contributed by atoms with Crippen molar-refractivity contribution in [2.45, 2.75) is 18.9 Å². The molecule has 1 aliphatic heterocycles. The Morgan fingerprint density at radius 3 is 2.50 bits per heavy atom. The first-order valence-electron chi connectivity index (χ1n) is 6.65. The molecule has 1 saturated carbocycles. The molecule has 1 N–H and O–H groups in total. The van der Waals surface area contributed by atoms with Crippen molar-refractivity contribution in [3.63, 3.8) is 0 Å². The first kappa shape index (κ1) is 12.1. The van der Waals surface area contributed by atoms with Crippen LogP contribution in [0.2, 0.25) is 0 Å². The predicted molar refractivity (Wildman–Crippen MR) is 66.3 cm³/mol. The van der Waals surface area contributed by atoms with Gasteiger partial charge < -0.3 is 5.32 Å². The van der Waals surface area contributed by atoms with Crippen molar-refractivity contribution >= 4 is 0 Å². The fourth-order valence-electron chi connectivity index (χ4n) is 2.86. The van der Waals surface area contributed by atoms with Crippen molar-refractivity contribution in [2.75, 3.05) is 26.2 Å². The Morgan fingerprint density at radius 1 is 1.17 bits per heavy atom. The number of hydrogen-bond donors (Lipinski definition) is 1. The summed E-state index contributed by atoms with van der Waals surface area (Å²) in [4.78, 5) is 2.34. The highest BCUT2D eigenvalue weighted by atomic mass is 19.1. The third-order valence-electron chi connectivity index (χ3n) is 3.89. The van der Waals surface area contributed by atoms with Gasteiger partial charge in [-0.15, -0.1) is 0 Å². The van der Waals surface area contributed by atoms with Crippen molar-refractivity contribution in [1.29, 1.82) is 0 Å². The molecule has 0 spiro atoms. The van der Waals surface area contributed by atoms with Crippen LogP contribution in [0.1, 0.15) is 24.4 Å². The minimum Gasteiger partial charge on any atom is -0.314 e. The maximum absolute atomic E-state index is 14.0. The van der Waals surface area contributed by atoms with E-state index in [1.165, 1.54) is 6.07 Å². The Kier molecular flexibility index (Phi) is 3.31. The second-order valence-electron chi connectivity index (χ2n) is 5.23. The largest absolute Gasteiger partial charge is 0.314 e. The van der Waals surface area contributed by atoms with Crippen molar-refractivity contribution in [1.82, 2.24) is 10.2 Å². The van der Waals surface area contributed by atoms with Crippen LogP contribution in [-0.2, 0) is 0 Å². The van der Waals surface area contributed by atoms with E-state index >= 15 is 0 Å². The smallest absolute Gasteiger partial charge is 0.130 e. The minimum absolute atomic E-state index is 0.132. The van der Waals surface area contributed by atoms with E-state index in [2.05, 4.69) is 10.2 Å². The summed E-state index contributed by atoms with van der Waals surface area (Å²) in [5, 5.41) is 3.31. The van der Waals surface area contributed by atoms with E-state index < -0.39 is 11.6 Å². The standard InChI is InChI=1S/C14H18F2N2/c15-11-3-4-12(13(16)9-11)14(10-1-2-10)18-7-5-17-6-8-18/h3-4,9-10,14,17H,1-2,5-8H2/t14-/m0/s1. The molecule has 4 heteroatoms. The number of benzene rings is 1. The van der Waals surface area contributed by atoms with E-state index in [1.807, 2.05) is 0 Å². The molecule has 0 unspecified atom stereocenters. The second kappa shape index (κ2) is 4.94. The minimum atomic E-state index is -0.494. The van der Waals surface area contributed by atoms with Crippen molar-refractivity contribution < 1.29 is 8.78 Å². The molecule has 98 valence electrons. The molecule has 2 fully saturated rings. The zero-order valence-electron chi connectivity index (χ0n) is 10.3. The van der Waals surface area contributed by atoms with Gasteiger partial charge >= 0.3 is 0 Å². The Bertz CT molecular complexity index is 426. The molecule has 18 heavy (non-hydrogen) atoms. The van der Waals surface area contributed by atoms with Gasteiger partial charge in [-0.3, -0.25) is 4.90 Å². The van der Waals surface area contributed by atoms with Crippen LogP contribution >= 0.6 is 0 Å². The summed E-state index contributed by atoms with van der Waals surface area (Å²) in [7, 11) is 0. The average Bonchev–Trinajstić information content (AvgIpc) is 3.18. The monoisotopic (exact) mass is 252 g/mol. The van der Waals surface area contributed by atoms with Gasteiger partial charge in [-0.2, -0.15) is 0 Å². The first-order valence-corrected chi connectivity index (χ1v) is 6.65. The molecular weight excluding hydrogens is 234 g/mol. The zero-order chi connectivity index (χ0) is 12.5. The fourth-order valence-corrected chi connectivity index (χ4v) is 2.86. The third kappa shape index (κ3) is 2.40. The van der Waals surface area contributed by atoms with E-state index in [9.17, 15) is 8.78 Å². The van der Waals surface area contributed by atoms with Gasteiger partial charge in [0.1, 0.15) is 11.6 Å². The molecule has 0 amide bonds. The molecule has 1 saturated heterocycles.